The molecular formula is C17H15F3N2O4. The molecule has 9 heteroatoms. The van der Waals surface area contributed by atoms with Crippen molar-refractivity contribution in [3.05, 3.63) is 48.5 Å². The predicted octanol–water partition coefficient (Wildman–Crippen LogP) is 3.21. The Morgan fingerprint density at radius 3 is 2.00 bits per heavy atom. The summed E-state index contributed by atoms with van der Waals surface area (Å²) in [7, 11) is 1.47. The standard InChI is InChI=1S/C17H15F3N2O4/c1-25-13-4-2-3-5-14(13)26-10-15(23)21-11-6-8-12(9-7-11)22-16(24)17(18,19)20/h2-9H,10H2,1H3,(H,21,23)(H,22,24). The zero-order valence-corrected chi connectivity index (χ0v) is 13.6. The second kappa shape index (κ2) is 8.24. The summed E-state index contributed by atoms with van der Waals surface area (Å²) in [6.07, 6.45) is -4.97. The second-order valence-corrected chi connectivity index (χ2v) is 5.02. The highest BCUT2D eigenvalue weighted by atomic mass is 19.4. The van der Waals surface area contributed by atoms with Crippen molar-refractivity contribution in [1.82, 2.24) is 0 Å². The first kappa shape index (κ1) is 19.1. The van der Waals surface area contributed by atoms with E-state index in [1.54, 1.807) is 29.6 Å². The Hall–Kier alpha value is -3.23. The van der Waals surface area contributed by atoms with Gasteiger partial charge in [0.15, 0.2) is 18.1 Å². The highest BCUT2D eigenvalue weighted by Gasteiger charge is 2.38. The van der Waals surface area contributed by atoms with Crippen molar-refractivity contribution in [2.75, 3.05) is 24.4 Å². The molecule has 0 aliphatic heterocycles. The number of ether oxygens (including phenoxy) is 2. The highest BCUT2D eigenvalue weighted by Crippen LogP contribution is 2.25. The van der Waals surface area contributed by atoms with Crippen molar-refractivity contribution >= 4 is 23.2 Å². The zero-order valence-electron chi connectivity index (χ0n) is 13.6. The second-order valence-electron chi connectivity index (χ2n) is 5.02. The summed E-state index contributed by atoms with van der Waals surface area (Å²) in [5.41, 5.74) is 0.291. The minimum Gasteiger partial charge on any atom is -0.493 e. The highest BCUT2D eigenvalue weighted by molar-refractivity contribution is 5.95. The van der Waals surface area contributed by atoms with Gasteiger partial charge in [-0.3, -0.25) is 9.59 Å². The predicted molar refractivity (Wildman–Crippen MR) is 88.2 cm³/mol. The molecule has 0 aliphatic rings. The topological polar surface area (TPSA) is 76.7 Å². The molecule has 26 heavy (non-hydrogen) atoms. The van der Waals surface area contributed by atoms with Crippen LogP contribution in [0.15, 0.2) is 48.5 Å². The fraction of sp³-hybridized carbons (Fsp3) is 0.176. The van der Waals surface area contributed by atoms with Gasteiger partial charge < -0.3 is 20.1 Å². The van der Waals surface area contributed by atoms with Gasteiger partial charge in [-0.1, -0.05) is 12.1 Å². The van der Waals surface area contributed by atoms with Crippen LogP contribution in [0.25, 0.3) is 0 Å². The quantitative estimate of drug-likeness (QED) is 0.821. The third-order valence-corrected chi connectivity index (χ3v) is 3.11. The van der Waals surface area contributed by atoms with E-state index in [4.69, 9.17) is 9.47 Å². The number of para-hydroxylation sites is 2. The molecule has 2 amide bonds. The van der Waals surface area contributed by atoms with Crippen molar-refractivity contribution in [1.29, 1.82) is 0 Å². The Labute approximate surface area is 146 Å². The van der Waals surface area contributed by atoms with Gasteiger partial charge in [0.2, 0.25) is 0 Å². The summed E-state index contributed by atoms with van der Waals surface area (Å²) in [4.78, 5) is 22.7. The minimum atomic E-state index is -4.97. The number of nitrogens with one attached hydrogen (secondary N) is 2. The van der Waals surface area contributed by atoms with E-state index in [2.05, 4.69) is 5.32 Å². The van der Waals surface area contributed by atoms with Crippen LogP contribution >= 0.6 is 0 Å². The zero-order chi connectivity index (χ0) is 19.2. The van der Waals surface area contributed by atoms with Gasteiger partial charge >= 0.3 is 12.1 Å². The number of benzene rings is 2. The van der Waals surface area contributed by atoms with Gasteiger partial charge in [0.25, 0.3) is 5.91 Å². The van der Waals surface area contributed by atoms with E-state index >= 15 is 0 Å². The molecule has 0 fully saturated rings. The molecule has 2 rings (SSSR count). The molecule has 2 N–H and O–H groups in total. The maximum Gasteiger partial charge on any atom is 0.471 e. The first-order valence-corrected chi connectivity index (χ1v) is 7.33. The number of hydrogen-bond acceptors (Lipinski definition) is 4. The Morgan fingerprint density at radius 1 is 0.923 bits per heavy atom. The summed E-state index contributed by atoms with van der Waals surface area (Å²) in [6, 6.07) is 12.0. The fourth-order valence-corrected chi connectivity index (χ4v) is 1.92. The number of carbonyl (C=O) groups is 2. The van der Waals surface area contributed by atoms with Gasteiger partial charge in [-0.2, -0.15) is 13.2 Å². The van der Waals surface area contributed by atoms with E-state index in [1.807, 2.05) is 0 Å². The third kappa shape index (κ3) is 5.40. The van der Waals surface area contributed by atoms with Gasteiger partial charge in [-0.15, -0.1) is 0 Å². The minimum absolute atomic E-state index is 0.0457. The first-order valence-electron chi connectivity index (χ1n) is 7.33. The number of methoxy groups -OCH3 is 1. The lowest BCUT2D eigenvalue weighted by atomic mass is 10.2. The van der Waals surface area contributed by atoms with Gasteiger partial charge in [0.1, 0.15) is 0 Å². The number of carbonyl (C=O) groups excluding carboxylic acids is 2. The third-order valence-electron chi connectivity index (χ3n) is 3.11. The lowest BCUT2D eigenvalue weighted by Crippen LogP contribution is -2.29. The fourth-order valence-electron chi connectivity index (χ4n) is 1.92. The smallest absolute Gasteiger partial charge is 0.471 e. The maximum atomic E-state index is 12.2. The number of anilines is 2. The molecular weight excluding hydrogens is 353 g/mol. The largest absolute Gasteiger partial charge is 0.493 e. The summed E-state index contributed by atoms with van der Waals surface area (Å²) in [5, 5.41) is 4.23. The van der Waals surface area contributed by atoms with Crippen molar-refractivity contribution < 1.29 is 32.2 Å². The number of amides is 2. The van der Waals surface area contributed by atoms with Crippen LogP contribution in [0.5, 0.6) is 11.5 Å². The van der Waals surface area contributed by atoms with E-state index in [-0.39, 0.29) is 12.3 Å². The molecule has 0 radical (unpaired) electrons. The molecule has 0 unspecified atom stereocenters. The molecule has 0 aliphatic carbocycles. The van der Waals surface area contributed by atoms with Crippen molar-refractivity contribution in [2.24, 2.45) is 0 Å². The van der Waals surface area contributed by atoms with E-state index in [9.17, 15) is 22.8 Å². The monoisotopic (exact) mass is 368 g/mol. The van der Waals surface area contributed by atoms with Crippen LogP contribution in [0.1, 0.15) is 0 Å². The van der Waals surface area contributed by atoms with Gasteiger partial charge in [-0.25, -0.2) is 0 Å². The molecule has 0 saturated heterocycles. The van der Waals surface area contributed by atoms with Gasteiger partial charge in [0, 0.05) is 11.4 Å². The van der Waals surface area contributed by atoms with Crippen molar-refractivity contribution in [3.8, 4) is 11.5 Å². The van der Waals surface area contributed by atoms with E-state index in [1.165, 1.54) is 31.4 Å². The number of halogens is 3. The Kier molecular flexibility index (Phi) is 6.05. The average Bonchev–Trinajstić information content (AvgIpc) is 2.61. The molecule has 0 aromatic heterocycles. The summed E-state index contributed by atoms with van der Waals surface area (Å²) in [5.74, 6) is -1.66. The summed E-state index contributed by atoms with van der Waals surface area (Å²) in [6.45, 7) is -0.285. The molecule has 0 bridgehead atoms. The molecule has 138 valence electrons. The van der Waals surface area contributed by atoms with Crippen LogP contribution in [-0.2, 0) is 9.59 Å². The molecule has 2 aromatic carbocycles. The molecule has 0 atom stereocenters. The van der Waals surface area contributed by atoms with Crippen LogP contribution in [0, 0.1) is 0 Å². The Balaban J connectivity index is 1.88. The molecule has 6 nitrogen and oxygen atoms in total. The number of hydrogen-bond donors (Lipinski definition) is 2. The van der Waals surface area contributed by atoms with E-state index in [0.717, 1.165) is 0 Å². The molecule has 0 heterocycles. The van der Waals surface area contributed by atoms with Crippen molar-refractivity contribution in [2.45, 2.75) is 6.18 Å². The lowest BCUT2D eigenvalue weighted by molar-refractivity contribution is -0.167. The molecule has 0 spiro atoms. The first-order chi connectivity index (χ1) is 12.3. The van der Waals surface area contributed by atoms with E-state index < -0.39 is 18.0 Å². The molecule has 2 aromatic rings. The Bertz CT molecular complexity index is 776. The normalized spacial score (nSPS) is 10.8. The summed E-state index contributed by atoms with van der Waals surface area (Å²) < 4.78 is 47.0. The molecule has 0 saturated carbocycles. The SMILES string of the molecule is COc1ccccc1OCC(=O)Nc1ccc(NC(=O)C(F)(F)F)cc1. The van der Waals surface area contributed by atoms with Gasteiger partial charge in [0.05, 0.1) is 7.11 Å². The van der Waals surface area contributed by atoms with Crippen molar-refractivity contribution in [3.63, 3.8) is 0 Å². The number of rotatable bonds is 6. The van der Waals surface area contributed by atoms with Crippen LogP contribution in [0.2, 0.25) is 0 Å². The average molecular weight is 368 g/mol. The lowest BCUT2D eigenvalue weighted by Gasteiger charge is -2.11. The van der Waals surface area contributed by atoms with Crippen LogP contribution in [0.4, 0.5) is 24.5 Å². The van der Waals surface area contributed by atoms with Crippen LogP contribution < -0.4 is 20.1 Å². The number of alkyl halides is 3. The maximum absolute atomic E-state index is 12.2. The van der Waals surface area contributed by atoms with Gasteiger partial charge in [-0.05, 0) is 36.4 Å². The van der Waals surface area contributed by atoms with E-state index in [0.29, 0.717) is 17.2 Å². The van der Waals surface area contributed by atoms with Crippen LogP contribution in [-0.4, -0.2) is 31.7 Å². The summed E-state index contributed by atoms with van der Waals surface area (Å²) >= 11 is 0. The van der Waals surface area contributed by atoms with Crippen LogP contribution in [0.3, 0.4) is 0 Å². The Morgan fingerprint density at radius 2 is 1.46 bits per heavy atom.